The van der Waals surface area contributed by atoms with Crippen LogP contribution in [0.4, 0.5) is 0 Å². The van der Waals surface area contributed by atoms with Crippen molar-refractivity contribution in [1.82, 2.24) is 4.90 Å². The lowest BCUT2D eigenvalue weighted by Gasteiger charge is -2.22. The fourth-order valence-corrected chi connectivity index (χ4v) is 1.25. The zero-order valence-electron chi connectivity index (χ0n) is 8.08. The van der Waals surface area contributed by atoms with Crippen LogP contribution in [-0.2, 0) is 14.4 Å². The monoisotopic (exact) mass is 227 g/mol. The van der Waals surface area contributed by atoms with Gasteiger partial charge in [-0.1, -0.05) is 0 Å². The summed E-state index contributed by atoms with van der Waals surface area (Å²) in [4.78, 5) is 32.9. The molecule has 0 unspecified atom stereocenters. The molecular formula is C9H9NO6. The van der Waals surface area contributed by atoms with Gasteiger partial charge in [0.15, 0.2) is 0 Å². The Morgan fingerprint density at radius 3 is 2.25 bits per heavy atom. The average molecular weight is 227 g/mol. The van der Waals surface area contributed by atoms with Crippen LogP contribution in [0, 0.1) is 0 Å². The number of hydrogen-bond acceptors (Lipinski definition) is 4. The van der Waals surface area contributed by atoms with Crippen LogP contribution >= 0.6 is 0 Å². The second kappa shape index (κ2) is 4.47. The number of hydrogen-bond donors (Lipinski definition) is 3. The first-order valence-corrected chi connectivity index (χ1v) is 4.25. The van der Waals surface area contributed by atoms with Crippen molar-refractivity contribution in [2.45, 2.75) is 0 Å². The molecule has 0 aromatic heterocycles. The van der Waals surface area contributed by atoms with Crippen LogP contribution in [0.1, 0.15) is 0 Å². The van der Waals surface area contributed by atoms with E-state index < -0.39 is 24.5 Å². The molecule has 1 aliphatic rings. The van der Waals surface area contributed by atoms with Crippen molar-refractivity contribution in [2.75, 3.05) is 13.1 Å². The first-order valence-electron chi connectivity index (χ1n) is 4.25. The second-order valence-electron chi connectivity index (χ2n) is 3.16. The number of carboxylic acids is 3. The van der Waals surface area contributed by atoms with Gasteiger partial charge in [0.25, 0.3) is 0 Å². The molecule has 7 nitrogen and oxygen atoms in total. The molecule has 1 rings (SSSR count). The number of rotatable bonds is 4. The molecule has 1 aliphatic heterocycles. The molecule has 0 aromatic carbocycles. The minimum Gasteiger partial charge on any atom is -0.480 e. The summed E-state index contributed by atoms with van der Waals surface area (Å²) in [5.74, 6) is -3.72. The summed E-state index contributed by atoms with van der Waals surface area (Å²) in [5.41, 5.74) is -0.397. The van der Waals surface area contributed by atoms with E-state index in [9.17, 15) is 14.4 Å². The molecule has 0 saturated heterocycles. The highest BCUT2D eigenvalue weighted by Crippen LogP contribution is 2.14. The minimum atomic E-state index is -1.30. The molecule has 0 aliphatic carbocycles. The molecule has 16 heavy (non-hydrogen) atoms. The number of nitrogens with zero attached hydrogens (tertiary/aromatic N) is 1. The fourth-order valence-electron chi connectivity index (χ4n) is 1.25. The minimum absolute atomic E-state index is 0.127. The van der Waals surface area contributed by atoms with Crippen LogP contribution in [0.5, 0.6) is 0 Å². The molecule has 86 valence electrons. The third-order valence-electron chi connectivity index (χ3n) is 1.88. The summed E-state index contributed by atoms with van der Waals surface area (Å²) in [6, 6.07) is 0. The summed E-state index contributed by atoms with van der Waals surface area (Å²) < 4.78 is 0. The number of aliphatic carboxylic acids is 3. The van der Waals surface area contributed by atoms with E-state index in [0.29, 0.717) is 0 Å². The largest absolute Gasteiger partial charge is 0.480 e. The first-order chi connectivity index (χ1) is 7.40. The summed E-state index contributed by atoms with van der Waals surface area (Å²) in [7, 11) is 0. The Hall–Kier alpha value is -2.31. The van der Waals surface area contributed by atoms with Gasteiger partial charge in [-0.05, 0) is 6.08 Å². The Bertz CT molecular complexity index is 408. The van der Waals surface area contributed by atoms with Crippen LogP contribution < -0.4 is 0 Å². The molecule has 1 heterocycles. The quantitative estimate of drug-likeness (QED) is 0.585. The van der Waals surface area contributed by atoms with Crippen LogP contribution in [0.3, 0.4) is 0 Å². The zero-order valence-corrected chi connectivity index (χ0v) is 8.08. The first kappa shape index (κ1) is 11.8. The zero-order chi connectivity index (χ0) is 12.3. The molecule has 0 spiro atoms. The maximum absolute atomic E-state index is 10.7. The predicted octanol–water partition coefficient (Wildman–Crippen LogP) is -0.634. The van der Waals surface area contributed by atoms with Gasteiger partial charge in [0.05, 0.1) is 17.7 Å². The van der Waals surface area contributed by atoms with Crippen LogP contribution in [0.2, 0.25) is 0 Å². The molecule has 0 radical (unpaired) electrons. The van der Waals surface area contributed by atoms with Crippen molar-refractivity contribution in [3.63, 3.8) is 0 Å². The standard InChI is InChI=1S/C9H9NO6/c11-7(12)4-10-2-5(8(13)14)1-6(3-10)9(15)16/h1-2H,3-4H2,(H,11,12)(H,13,14)(H,15,16). The lowest BCUT2D eigenvalue weighted by Crippen LogP contribution is -2.32. The highest BCUT2D eigenvalue weighted by molar-refractivity contribution is 5.95. The van der Waals surface area contributed by atoms with Gasteiger partial charge in [-0.25, -0.2) is 9.59 Å². The van der Waals surface area contributed by atoms with Gasteiger partial charge in [-0.15, -0.1) is 0 Å². The normalized spacial score (nSPS) is 15.1. The Morgan fingerprint density at radius 2 is 1.81 bits per heavy atom. The van der Waals surface area contributed by atoms with Crippen LogP contribution in [0.15, 0.2) is 23.4 Å². The van der Waals surface area contributed by atoms with Gasteiger partial charge >= 0.3 is 17.9 Å². The Kier molecular flexibility index (Phi) is 3.29. The fraction of sp³-hybridized carbons (Fsp3) is 0.222. The highest BCUT2D eigenvalue weighted by atomic mass is 16.4. The molecule has 0 fully saturated rings. The molecule has 0 saturated carbocycles. The maximum atomic E-state index is 10.7. The maximum Gasteiger partial charge on any atom is 0.337 e. The average Bonchev–Trinajstić information content (AvgIpc) is 2.15. The number of carboxylic acid groups (broad SMARTS) is 3. The molecule has 0 amide bonds. The van der Waals surface area contributed by atoms with Crippen LogP contribution in [0.25, 0.3) is 0 Å². The van der Waals surface area contributed by atoms with E-state index in [1.54, 1.807) is 0 Å². The highest BCUT2D eigenvalue weighted by Gasteiger charge is 2.21. The molecule has 7 heteroatoms. The number of carbonyl (C=O) groups is 3. The summed E-state index contributed by atoms with van der Waals surface area (Å²) in [6.07, 6.45) is 2.13. The lowest BCUT2D eigenvalue weighted by molar-refractivity contribution is -0.139. The molecule has 0 aromatic rings. The van der Waals surface area contributed by atoms with Crippen molar-refractivity contribution in [3.8, 4) is 0 Å². The van der Waals surface area contributed by atoms with Crippen molar-refractivity contribution in [1.29, 1.82) is 0 Å². The van der Waals surface area contributed by atoms with E-state index in [-0.39, 0.29) is 17.7 Å². The topological polar surface area (TPSA) is 115 Å². The van der Waals surface area contributed by atoms with E-state index in [1.807, 2.05) is 0 Å². The summed E-state index contributed by atoms with van der Waals surface area (Å²) in [6.45, 7) is -0.570. The van der Waals surface area contributed by atoms with E-state index in [4.69, 9.17) is 15.3 Å². The summed E-state index contributed by atoms with van der Waals surface area (Å²) in [5, 5.41) is 26.0. The third kappa shape index (κ3) is 2.84. The second-order valence-corrected chi connectivity index (χ2v) is 3.16. The Labute approximate surface area is 89.9 Å². The lowest BCUT2D eigenvalue weighted by atomic mass is 10.1. The molecular weight excluding hydrogens is 218 g/mol. The van der Waals surface area contributed by atoms with Crippen molar-refractivity contribution in [3.05, 3.63) is 23.4 Å². The van der Waals surface area contributed by atoms with E-state index in [2.05, 4.69) is 0 Å². The smallest absolute Gasteiger partial charge is 0.337 e. The van der Waals surface area contributed by atoms with Gasteiger partial charge < -0.3 is 20.2 Å². The van der Waals surface area contributed by atoms with E-state index in [0.717, 1.165) is 17.2 Å². The van der Waals surface area contributed by atoms with Crippen molar-refractivity contribution >= 4 is 17.9 Å². The third-order valence-corrected chi connectivity index (χ3v) is 1.88. The van der Waals surface area contributed by atoms with Crippen LogP contribution in [-0.4, -0.2) is 51.2 Å². The SMILES string of the molecule is O=C(O)CN1C=C(C(=O)O)C=C(C(=O)O)C1. The predicted molar refractivity (Wildman–Crippen MR) is 50.6 cm³/mol. The van der Waals surface area contributed by atoms with Gasteiger partial charge in [0, 0.05) is 6.20 Å². The Balaban J connectivity index is 2.95. The Morgan fingerprint density at radius 1 is 1.19 bits per heavy atom. The van der Waals surface area contributed by atoms with Crippen molar-refractivity contribution < 1.29 is 29.7 Å². The van der Waals surface area contributed by atoms with Gasteiger partial charge in [0.1, 0.15) is 6.54 Å². The van der Waals surface area contributed by atoms with Gasteiger partial charge in [-0.3, -0.25) is 4.79 Å². The van der Waals surface area contributed by atoms with Gasteiger partial charge in [-0.2, -0.15) is 0 Å². The molecule has 0 atom stereocenters. The molecule has 0 bridgehead atoms. The van der Waals surface area contributed by atoms with Crippen molar-refractivity contribution in [2.24, 2.45) is 0 Å². The molecule has 3 N–H and O–H groups in total. The van der Waals surface area contributed by atoms with Gasteiger partial charge in [0.2, 0.25) is 0 Å². The summed E-state index contributed by atoms with van der Waals surface area (Å²) >= 11 is 0. The van der Waals surface area contributed by atoms with E-state index in [1.165, 1.54) is 0 Å². The van der Waals surface area contributed by atoms with E-state index >= 15 is 0 Å².